The fourth-order valence-electron chi connectivity index (χ4n) is 3.62. The first kappa shape index (κ1) is 19.9. The molecular formula is C21H27NO6. The van der Waals surface area contributed by atoms with E-state index in [-0.39, 0.29) is 12.2 Å². The zero-order valence-corrected chi connectivity index (χ0v) is 16.9. The highest BCUT2D eigenvalue weighted by Gasteiger charge is 2.30. The van der Waals surface area contributed by atoms with E-state index in [9.17, 15) is 0 Å². The van der Waals surface area contributed by atoms with Crippen LogP contribution in [0.4, 0.5) is 5.69 Å². The monoisotopic (exact) mass is 389 g/mol. The normalized spacial score (nSPS) is 18.6. The molecule has 1 heterocycles. The maximum Gasteiger partial charge on any atom is 0.203 e. The van der Waals surface area contributed by atoms with Crippen molar-refractivity contribution in [3.8, 4) is 28.7 Å². The molecule has 0 radical (unpaired) electrons. The van der Waals surface area contributed by atoms with Gasteiger partial charge in [-0.25, -0.2) is 0 Å². The molecule has 0 bridgehead atoms. The molecular weight excluding hydrogens is 362 g/mol. The first-order valence-corrected chi connectivity index (χ1v) is 9.03. The van der Waals surface area contributed by atoms with Crippen LogP contribution in [0.2, 0.25) is 0 Å². The van der Waals surface area contributed by atoms with Crippen molar-refractivity contribution >= 4 is 5.69 Å². The van der Waals surface area contributed by atoms with Crippen molar-refractivity contribution in [2.75, 3.05) is 41.3 Å². The third-order valence-corrected chi connectivity index (χ3v) is 4.98. The van der Waals surface area contributed by atoms with Crippen LogP contribution in [0.1, 0.15) is 36.2 Å². The van der Waals surface area contributed by atoms with Crippen LogP contribution in [0.5, 0.6) is 28.7 Å². The smallest absolute Gasteiger partial charge is 0.203 e. The molecule has 28 heavy (non-hydrogen) atoms. The Balaban J connectivity index is 1.87. The van der Waals surface area contributed by atoms with Crippen molar-refractivity contribution < 1.29 is 28.4 Å². The second-order valence-corrected chi connectivity index (χ2v) is 6.50. The van der Waals surface area contributed by atoms with Crippen molar-refractivity contribution in [3.05, 3.63) is 35.4 Å². The summed E-state index contributed by atoms with van der Waals surface area (Å²) in [6, 6.07) is 7.65. The Bertz CT molecular complexity index is 813. The number of hydrogen-bond donors (Lipinski definition) is 1. The fraction of sp³-hybridized carbons (Fsp3) is 0.429. The van der Waals surface area contributed by atoms with Crippen LogP contribution in [0.15, 0.2) is 24.3 Å². The van der Waals surface area contributed by atoms with Crippen molar-refractivity contribution in [1.29, 1.82) is 0 Å². The lowest BCUT2D eigenvalue weighted by molar-refractivity contribution is 0.0437. The minimum absolute atomic E-state index is 0.0898. The number of rotatable bonds is 7. The lowest BCUT2D eigenvalue weighted by atomic mass is 10.0. The number of hydrogen-bond acceptors (Lipinski definition) is 7. The lowest BCUT2D eigenvalue weighted by Crippen LogP contribution is -2.04. The maximum absolute atomic E-state index is 6.33. The second kappa shape index (κ2) is 8.48. The second-order valence-electron chi connectivity index (χ2n) is 6.50. The minimum atomic E-state index is -0.0915. The molecule has 1 aliphatic rings. The Morgan fingerprint density at radius 1 is 0.679 bits per heavy atom. The van der Waals surface area contributed by atoms with Gasteiger partial charge in [-0.15, -0.1) is 0 Å². The lowest BCUT2D eigenvalue weighted by Gasteiger charge is -2.19. The molecule has 0 spiro atoms. The highest BCUT2D eigenvalue weighted by atomic mass is 16.5. The molecule has 7 heteroatoms. The molecule has 0 unspecified atom stereocenters. The Kier molecular flexibility index (Phi) is 6.04. The van der Waals surface area contributed by atoms with Gasteiger partial charge in [-0.05, 0) is 48.2 Å². The topological polar surface area (TPSA) is 81.4 Å². The molecule has 2 N–H and O–H groups in total. The highest BCUT2D eigenvalue weighted by Crippen LogP contribution is 2.47. The van der Waals surface area contributed by atoms with E-state index in [1.807, 2.05) is 24.3 Å². The largest absolute Gasteiger partial charge is 0.493 e. The molecule has 1 fully saturated rings. The molecule has 0 amide bonds. The summed E-state index contributed by atoms with van der Waals surface area (Å²) in [6.07, 6.45) is 1.53. The Morgan fingerprint density at radius 2 is 1.11 bits per heavy atom. The van der Waals surface area contributed by atoms with E-state index in [1.54, 1.807) is 35.5 Å². The van der Waals surface area contributed by atoms with Gasteiger partial charge in [0.15, 0.2) is 23.0 Å². The van der Waals surface area contributed by atoms with Crippen molar-refractivity contribution in [3.63, 3.8) is 0 Å². The molecule has 1 saturated heterocycles. The number of nitrogens with two attached hydrogens (primary N) is 1. The van der Waals surface area contributed by atoms with E-state index >= 15 is 0 Å². The zero-order valence-electron chi connectivity index (χ0n) is 16.9. The average molecular weight is 389 g/mol. The van der Waals surface area contributed by atoms with Crippen LogP contribution >= 0.6 is 0 Å². The van der Waals surface area contributed by atoms with Gasteiger partial charge in [0, 0.05) is 0 Å². The molecule has 7 nitrogen and oxygen atoms in total. The van der Waals surface area contributed by atoms with E-state index in [0.717, 1.165) is 24.0 Å². The Labute approximate surface area is 165 Å². The Morgan fingerprint density at radius 3 is 1.54 bits per heavy atom. The minimum Gasteiger partial charge on any atom is -0.493 e. The van der Waals surface area contributed by atoms with Gasteiger partial charge in [-0.1, -0.05) is 0 Å². The zero-order chi connectivity index (χ0) is 20.3. The Hall–Kier alpha value is -2.80. The summed E-state index contributed by atoms with van der Waals surface area (Å²) < 4.78 is 33.4. The highest BCUT2D eigenvalue weighted by molar-refractivity contribution is 5.62. The predicted molar refractivity (Wildman–Crippen MR) is 106 cm³/mol. The van der Waals surface area contributed by atoms with Gasteiger partial charge in [0.2, 0.25) is 5.75 Å². The molecule has 3 rings (SSSR count). The first-order chi connectivity index (χ1) is 13.6. The molecule has 2 aromatic rings. The molecule has 0 saturated carbocycles. The van der Waals surface area contributed by atoms with Crippen LogP contribution in [0.25, 0.3) is 0 Å². The van der Waals surface area contributed by atoms with Gasteiger partial charge in [-0.2, -0.15) is 0 Å². The summed E-state index contributed by atoms with van der Waals surface area (Å²) in [6.45, 7) is 0. The van der Waals surface area contributed by atoms with E-state index in [2.05, 4.69) is 0 Å². The van der Waals surface area contributed by atoms with Crippen molar-refractivity contribution in [2.24, 2.45) is 0 Å². The molecule has 1 aliphatic heterocycles. The van der Waals surface area contributed by atoms with Gasteiger partial charge < -0.3 is 34.2 Å². The predicted octanol–water partition coefficient (Wildman–Crippen LogP) is 3.90. The quantitative estimate of drug-likeness (QED) is 0.719. The van der Waals surface area contributed by atoms with Crippen LogP contribution in [0, 0.1) is 0 Å². The van der Waals surface area contributed by atoms with Crippen LogP contribution in [-0.2, 0) is 4.74 Å². The van der Waals surface area contributed by atoms with Crippen LogP contribution in [-0.4, -0.2) is 35.5 Å². The molecule has 152 valence electrons. The van der Waals surface area contributed by atoms with E-state index < -0.39 is 0 Å². The summed E-state index contributed by atoms with van der Waals surface area (Å²) in [5.74, 6) is 2.91. The molecule has 0 aromatic heterocycles. The fourth-order valence-corrected chi connectivity index (χ4v) is 3.62. The number of methoxy groups -OCH3 is 5. The molecule has 2 aromatic carbocycles. The third kappa shape index (κ3) is 3.62. The average Bonchev–Trinajstić information content (AvgIpc) is 3.22. The van der Waals surface area contributed by atoms with Gasteiger partial charge in [0.25, 0.3) is 0 Å². The van der Waals surface area contributed by atoms with Gasteiger partial charge in [-0.3, -0.25) is 0 Å². The van der Waals surface area contributed by atoms with E-state index in [1.165, 1.54) is 0 Å². The maximum atomic E-state index is 6.33. The summed E-state index contributed by atoms with van der Waals surface area (Å²) in [4.78, 5) is 0. The standard InChI is InChI=1S/C21H27NO6/c1-23-17-9-12(8-14(22)20(17)26-4)15-6-7-16(28-15)13-10-18(24-2)21(27-5)19(11-13)25-3/h8-11,15-16H,6-7,22H2,1-5H3/t15-,16-/m0/s1. The number of anilines is 1. The summed E-state index contributed by atoms with van der Waals surface area (Å²) >= 11 is 0. The van der Waals surface area contributed by atoms with Crippen molar-refractivity contribution in [1.82, 2.24) is 0 Å². The van der Waals surface area contributed by atoms with Gasteiger partial charge >= 0.3 is 0 Å². The number of benzene rings is 2. The van der Waals surface area contributed by atoms with Crippen LogP contribution in [0.3, 0.4) is 0 Å². The van der Waals surface area contributed by atoms with Gasteiger partial charge in [0.05, 0.1) is 53.4 Å². The van der Waals surface area contributed by atoms with E-state index in [4.69, 9.17) is 34.2 Å². The third-order valence-electron chi connectivity index (χ3n) is 4.98. The first-order valence-electron chi connectivity index (χ1n) is 9.03. The molecule has 0 aliphatic carbocycles. The van der Waals surface area contributed by atoms with E-state index in [0.29, 0.717) is 34.4 Å². The summed E-state index contributed by atoms with van der Waals surface area (Å²) in [5.41, 5.74) is 8.59. The summed E-state index contributed by atoms with van der Waals surface area (Å²) in [7, 11) is 7.96. The van der Waals surface area contributed by atoms with Crippen molar-refractivity contribution in [2.45, 2.75) is 25.0 Å². The van der Waals surface area contributed by atoms with Crippen LogP contribution < -0.4 is 29.4 Å². The van der Waals surface area contributed by atoms with Gasteiger partial charge in [0.1, 0.15) is 0 Å². The number of ether oxygens (including phenoxy) is 6. The molecule has 2 atom stereocenters. The SMILES string of the molecule is COc1cc([C@@H]2CC[C@@H](c3cc(OC)c(OC)c(OC)c3)O2)cc(N)c1OC. The summed E-state index contributed by atoms with van der Waals surface area (Å²) in [5, 5.41) is 0. The number of nitrogen functional groups attached to an aromatic ring is 1.